The summed E-state index contributed by atoms with van der Waals surface area (Å²) < 4.78 is 0. The van der Waals surface area contributed by atoms with Gasteiger partial charge in [-0.05, 0) is 50.4 Å². The van der Waals surface area contributed by atoms with Gasteiger partial charge >= 0.3 is 6.03 Å². The number of hydrogen-bond donors (Lipinski definition) is 4. The summed E-state index contributed by atoms with van der Waals surface area (Å²) in [7, 11) is 0. The molecule has 3 amide bonds. The Balaban J connectivity index is 1.61. The second kappa shape index (κ2) is 7.41. The van der Waals surface area contributed by atoms with Crippen LogP contribution in [0, 0.1) is 6.92 Å². The third-order valence-electron chi connectivity index (χ3n) is 4.88. The molecule has 2 heterocycles. The Labute approximate surface area is 147 Å². The van der Waals surface area contributed by atoms with E-state index in [4.69, 9.17) is 0 Å². The summed E-state index contributed by atoms with van der Waals surface area (Å²) in [6, 6.07) is 5.27. The minimum Gasteiger partial charge on any atom is -0.387 e. The number of aliphatic hydroxyl groups is 1. The number of β-amino-alcohol motifs (C(OH)–C–C–N with tert-alkyl or cyclic N) is 1. The average Bonchev–Trinajstić information content (AvgIpc) is 3.02. The Morgan fingerprint density at radius 3 is 2.92 bits per heavy atom. The highest BCUT2D eigenvalue weighted by molar-refractivity contribution is 5.97. The van der Waals surface area contributed by atoms with Crippen LogP contribution in [-0.2, 0) is 4.79 Å². The van der Waals surface area contributed by atoms with E-state index in [2.05, 4.69) is 16.0 Å². The fourth-order valence-electron chi connectivity index (χ4n) is 3.35. The predicted octanol–water partition coefficient (Wildman–Crippen LogP) is 1.36. The van der Waals surface area contributed by atoms with Gasteiger partial charge in [-0.2, -0.15) is 0 Å². The summed E-state index contributed by atoms with van der Waals surface area (Å²) in [5.74, 6) is 0.117. The van der Waals surface area contributed by atoms with E-state index in [9.17, 15) is 14.7 Å². The van der Waals surface area contributed by atoms with Crippen LogP contribution in [0.1, 0.15) is 31.2 Å². The van der Waals surface area contributed by atoms with Crippen LogP contribution in [0.2, 0.25) is 0 Å². The lowest BCUT2D eigenvalue weighted by Gasteiger charge is -2.32. The number of hydrogen-bond acceptors (Lipinski definition) is 4. The fraction of sp³-hybridized carbons (Fsp3) is 0.556. The van der Waals surface area contributed by atoms with Gasteiger partial charge in [-0.1, -0.05) is 6.07 Å². The van der Waals surface area contributed by atoms with Crippen LogP contribution in [0.3, 0.4) is 0 Å². The van der Waals surface area contributed by atoms with Crippen molar-refractivity contribution in [2.24, 2.45) is 0 Å². The van der Waals surface area contributed by atoms with Crippen molar-refractivity contribution < 1.29 is 14.7 Å². The van der Waals surface area contributed by atoms with Crippen LogP contribution in [0.15, 0.2) is 18.2 Å². The smallest absolute Gasteiger partial charge is 0.319 e. The van der Waals surface area contributed by atoms with Gasteiger partial charge in [-0.3, -0.25) is 4.79 Å². The molecule has 0 aliphatic carbocycles. The molecule has 7 nitrogen and oxygen atoms in total. The molecule has 0 bridgehead atoms. The summed E-state index contributed by atoms with van der Waals surface area (Å²) in [6.07, 6.45) is 3.00. The van der Waals surface area contributed by atoms with Crippen molar-refractivity contribution in [2.75, 3.05) is 36.4 Å². The van der Waals surface area contributed by atoms with Crippen LogP contribution in [-0.4, -0.2) is 48.8 Å². The minimum atomic E-state index is -0.894. The van der Waals surface area contributed by atoms with E-state index in [0.29, 0.717) is 31.6 Å². The zero-order valence-electron chi connectivity index (χ0n) is 14.6. The Morgan fingerprint density at radius 2 is 2.24 bits per heavy atom. The lowest BCUT2D eigenvalue weighted by atomic mass is 9.94. The van der Waals surface area contributed by atoms with Crippen molar-refractivity contribution in [1.29, 1.82) is 0 Å². The molecule has 3 rings (SSSR count). The zero-order chi connectivity index (χ0) is 17.9. The fourth-order valence-corrected chi connectivity index (χ4v) is 3.35. The molecule has 2 saturated heterocycles. The molecule has 0 spiro atoms. The number of urea groups is 1. The van der Waals surface area contributed by atoms with Gasteiger partial charge in [0.05, 0.1) is 5.60 Å². The second-order valence-corrected chi connectivity index (χ2v) is 6.96. The summed E-state index contributed by atoms with van der Waals surface area (Å²) >= 11 is 0. The number of carbonyl (C=O) groups excluding carboxylic acids is 2. The van der Waals surface area contributed by atoms with Gasteiger partial charge in [0.25, 0.3) is 0 Å². The molecule has 25 heavy (non-hydrogen) atoms. The maximum Gasteiger partial charge on any atom is 0.319 e. The first kappa shape index (κ1) is 17.7. The summed E-state index contributed by atoms with van der Waals surface area (Å²) in [5, 5.41) is 19.1. The predicted molar refractivity (Wildman–Crippen MR) is 96.8 cm³/mol. The summed E-state index contributed by atoms with van der Waals surface area (Å²) in [5.41, 5.74) is 1.50. The van der Waals surface area contributed by atoms with Gasteiger partial charge in [0, 0.05) is 37.4 Å². The Morgan fingerprint density at radius 1 is 1.40 bits per heavy atom. The third kappa shape index (κ3) is 4.29. The van der Waals surface area contributed by atoms with E-state index in [1.807, 2.05) is 25.1 Å². The molecule has 1 aromatic carbocycles. The van der Waals surface area contributed by atoms with E-state index in [-0.39, 0.29) is 18.5 Å². The van der Waals surface area contributed by atoms with Crippen LogP contribution in [0.25, 0.3) is 0 Å². The first-order valence-electron chi connectivity index (χ1n) is 8.86. The highest BCUT2D eigenvalue weighted by atomic mass is 16.3. The zero-order valence-corrected chi connectivity index (χ0v) is 14.6. The number of aryl methyl sites for hydroxylation is 1. The van der Waals surface area contributed by atoms with E-state index in [1.54, 1.807) is 4.90 Å². The third-order valence-corrected chi connectivity index (χ3v) is 4.88. The van der Waals surface area contributed by atoms with Crippen LogP contribution in [0.5, 0.6) is 0 Å². The van der Waals surface area contributed by atoms with E-state index >= 15 is 0 Å². The number of carbonyl (C=O) groups is 2. The number of nitrogens with one attached hydrogen (secondary N) is 3. The SMILES string of the molecule is Cc1ccc(N2CCCC2=O)cc1NC(=O)NC[C@]1(O)CCCNC1. The molecule has 1 aromatic rings. The first-order chi connectivity index (χ1) is 12.0. The van der Waals surface area contributed by atoms with Crippen molar-refractivity contribution in [1.82, 2.24) is 10.6 Å². The quantitative estimate of drug-likeness (QED) is 0.662. The summed E-state index contributed by atoms with van der Waals surface area (Å²) in [6.45, 7) is 4.21. The van der Waals surface area contributed by atoms with Crippen LogP contribution >= 0.6 is 0 Å². The number of rotatable bonds is 4. The minimum absolute atomic E-state index is 0.117. The second-order valence-electron chi connectivity index (χ2n) is 6.96. The van der Waals surface area contributed by atoms with Crippen molar-refractivity contribution in [3.05, 3.63) is 23.8 Å². The number of piperidine rings is 1. The Kier molecular flexibility index (Phi) is 5.24. The first-order valence-corrected chi connectivity index (χ1v) is 8.86. The average molecular weight is 346 g/mol. The van der Waals surface area contributed by atoms with Gasteiger partial charge in [-0.15, -0.1) is 0 Å². The van der Waals surface area contributed by atoms with Crippen molar-refractivity contribution in [3.8, 4) is 0 Å². The van der Waals surface area contributed by atoms with Gasteiger partial charge in [0.1, 0.15) is 0 Å². The van der Waals surface area contributed by atoms with Crippen LogP contribution < -0.4 is 20.9 Å². The highest BCUT2D eigenvalue weighted by Crippen LogP contribution is 2.26. The summed E-state index contributed by atoms with van der Waals surface area (Å²) in [4.78, 5) is 25.9. The molecule has 2 aliphatic rings. The lowest BCUT2D eigenvalue weighted by molar-refractivity contribution is -0.117. The normalized spacial score (nSPS) is 23.6. The molecule has 1 atom stereocenters. The van der Waals surface area contributed by atoms with Gasteiger partial charge < -0.3 is 26.0 Å². The molecular weight excluding hydrogens is 320 g/mol. The van der Waals surface area contributed by atoms with Gasteiger partial charge in [0.15, 0.2) is 0 Å². The van der Waals surface area contributed by atoms with Crippen molar-refractivity contribution >= 4 is 23.3 Å². The van der Waals surface area contributed by atoms with E-state index in [1.165, 1.54) is 0 Å². The molecule has 0 saturated carbocycles. The molecule has 4 N–H and O–H groups in total. The molecular formula is C18H26N4O3. The Bertz CT molecular complexity index is 656. The Hall–Kier alpha value is -2.12. The number of nitrogens with zero attached hydrogens (tertiary/aromatic N) is 1. The monoisotopic (exact) mass is 346 g/mol. The molecule has 7 heteroatoms. The van der Waals surface area contributed by atoms with Crippen molar-refractivity contribution in [2.45, 2.75) is 38.2 Å². The molecule has 0 aromatic heterocycles. The van der Waals surface area contributed by atoms with Gasteiger partial charge in [-0.25, -0.2) is 4.79 Å². The molecule has 2 aliphatic heterocycles. The molecule has 0 radical (unpaired) electrons. The molecule has 136 valence electrons. The highest BCUT2D eigenvalue weighted by Gasteiger charge is 2.29. The lowest BCUT2D eigenvalue weighted by Crippen LogP contribution is -2.53. The maximum atomic E-state index is 12.2. The maximum absolute atomic E-state index is 12.2. The molecule has 2 fully saturated rings. The number of benzene rings is 1. The molecule has 0 unspecified atom stereocenters. The number of amides is 3. The number of anilines is 2. The topological polar surface area (TPSA) is 93.7 Å². The van der Waals surface area contributed by atoms with E-state index < -0.39 is 5.60 Å². The van der Waals surface area contributed by atoms with Crippen LogP contribution in [0.4, 0.5) is 16.2 Å². The largest absolute Gasteiger partial charge is 0.387 e. The van der Waals surface area contributed by atoms with E-state index in [0.717, 1.165) is 30.6 Å². The van der Waals surface area contributed by atoms with Crippen molar-refractivity contribution in [3.63, 3.8) is 0 Å². The standard InChI is InChI=1S/C18H26N4O3/c1-13-5-6-14(22-9-2-4-16(22)23)10-15(13)21-17(24)20-12-18(25)7-3-8-19-11-18/h5-6,10,19,25H,2-4,7-9,11-12H2,1H3,(H2,20,21,24)/t18-/m0/s1. The van der Waals surface area contributed by atoms with Gasteiger partial charge in [0.2, 0.25) is 5.91 Å².